The van der Waals surface area contributed by atoms with Crippen molar-refractivity contribution in [3.8, 4) is 0 Å². The first-order valence-electron chi connectivity index (χ1n) is 7.64. The summed E-state index contributed by atoms with van der Waals surface area (Å²) in [6, 6.07) is 10.8. The molecule has 4 heteroatoms. The van der Waals surface area contributed by atoms with Gasteiger partial charge in [0.15, 0.2) is 0 Å². The van der Waals surface area contributed by atoms with Gasteiger partial charge in [-0.05, 0) is 24.9 Å². The normalized spacial score (nSPS) is 17.8. The first kappa shape index (κ1) is 14.7. The molecule has 0 saturated carbocycles. The summed E-state index contributed by atoms with van der Waals surface area (Å²) in [5.74, 6) is 0. The lowest BCUT2D eigenvalue weighted by atomic mass is 9.75. The van der Waals surface area contributed by atoms with Crippen molar-refractivity contribution in [2.45, 2.75) is 31.7 Å². The van der Waals surface area contributed by atoms with E-state index in [4.69, 9.17) is 9.72 Å². The van der Waals surface area contributed by atoms with Crippen molar-refractivity contribution in [3.05, 3.63) is 52.0 Å². The molecule has 0 aliphatic carbocycles. The second-order valence-corrected chi connectivity index (χ2v) is 6.59. The van der Waals surface area contributed by atoms with Gasteiger partial charge in [-0.25, -0.2) is 4.98 Å². The Labute approximate surface area is 130 Å². The molecule has 3 rings (SSSR count). The Hall–Kier alpha value is -1.23. The molecule has 112 valence electrons. The van der Waals surface area contributed by atoms with E-state index in [9.17, 15) is 0 Å². The SMILES string of the molecule is CCNCc1cnc(C2(c3ccccc3)CCOCC2)s1. The van der Waals surface area contributed by atoms with E-state index in [-0.39, 0.29) is 5.41 Å². The number of ether oxygens (including phenoxy) is 1. The zero-order valence-corrected chi connectivity index (χ0v) is 13.3. The van der Waals surface area contributed by atoms with Gasteiger partial charge in [-0.1, -0.05) is 37.3 Å². The average Bonchev–Trinajstić information content (AvgIpc) is 3.04. The fourth-order valence-electron chi connectivity index (χ4n) is 2.96. The maximum atomic E-state index is 5.60. The number of aromatic nitrogens is 1. The molecule has 0 bridgehead atoms. The Kier molecular flexibility index (Phi) is 4.68. The molecule has 0 spiro atoms. The van der Waals surface area contributed by atoms with Crippen molar-refractivity contribution in [2.75, 3.05) is 19.8 Å². The highest BCUT2D eigenvalue weighted by Crippen LogP contribution is 2.42. The third kappa shape index (κ3) is 3.03. The van der Waals surface area contributed by atoms with Crippen molar-refractivity contribution in [1.29, 1.82) is 0 Å². The minimum Gasteiger partial charge on any atom is -0.381 e. The molecule has 1 aliphatic heterocycles. The fraction of sp³-hybridized carbons (Fsp3) is 0.471. The predicted octanol–water partition coefficient (Wildman–Crippen LogP) is 3.35. The Morgan fingerprint density at radius 2 is 2.00 bits per heavy atom. The number of benzene rings is 1. The van der Waals surface area contributed by atoms with E-state index in [0.717, 1.165) is 39.1 Å². The summed E-state index contributed by atoms with van der Waals surface area (Å²) in [6.07, 6.45) is 4.07. The third-order valence-corrected chi connectivity index (χ3v) is 5.39. The third-order valence-electron chi connectivity index (χ3n) is 4.18. The molecular weight excluding hydrogens is 280 g/mol. The summed E-state index contributed by atoms with van der Waals surface area (Å²) in [5, 5.41) is 4.62. The van der Waals surface area contributed by atoms with Gasteiger partial charge in [0.05, 0.1) is 5.41 Å². The molecule has 1 N–H and O–H groups in total. The van der Waals surface area contributed by atoms with E-state index in [0.29, 0.717) is 0 Å². The van der Waals surface area contributed by atoms with Crippen molar-refractivity contribution in [2.24, 2.45) is 0 Å². The topological polar surface area (TPSA) is 34.2 Å². The van der Waals surface area contributed by atoms with Gasteiger partial charge in [-0.15, -0.1) is 11.3 Å². The average molecular weight is 302 g/mol. The van der Waals surface area contributed by atoms with Crippen molar-refractivity contribution < 1.29 is 4.74 Å². The van der Waals surface area contributed by atoms with Crippen LogP contribution >= 0.6 is 11.3 Å². The van der Waals surface area contributed by atoms with Crippen LogP contribution in [0.2, 0.25) is 0 Å². The van der Waals surface area contributed by atoms with Crippen molar-refractivity contribution >= 4 is 11.3 Å². The van der Waals surface area contributed by atoms with Crippen molar-refractivity contribution in [3.63, 3.8) is 0 Å². The van der Waals surface area contributed by atoms with Gasteiger partial charge in [0.2, 0.25) is 0 Å². The van der Waals surface area contributed by atoms with Crippen LogP contribution in [0.25, 0.3) is 0 Å². The lowest BCUT2D eigenvalue weighted by molar-refractivity contribution is 0.0630. The second-order valence-electron chi connectivity index (χ2n) is 5.47. The number of nitrogens with one attached hydrogen (secondary N) is 1. The molecule has 1 aromatic carbocycles. The lowest BCUT2D eigenvalue weighted by Gasteiger charge is -2.36. The van der Waals surface area contributed by atoms with E-state index >= 15 is 0 Å². The van der Waals surface area contributed by atoms with Gasteiger partial charge in [-0.3, -0.25) is 0 Å². The monoisotopic (exact) mass is 302 g/mol. The summed E-state index contributed by atoms with van der Waals surface area (Å²) in [6.45, 7) is 5.67. The molecule has 0 radical (unpaired) electrons. The largest absolute Gasteiger partial charge is 0.381 e. The molecule has 0 unspecified atom stereocenters. The minimum absolute atomic E-state index is 0.0364. The molecule has 3 nitrogen and oxygen atoms in total. The number of rotatable bonds is 5. The Bertz CT molecular complexity index is 561. The minimum atomic E-state index is 0.0364. The fourth-order valence-corrected chi connectivity index (χ4v) is 4.11. The molecule has 0 amide bonds. The van der Waals surface area contributed by atoms with Crippen LogP contribution in [0, 0.1) is 0 Å². The van der Waals surface area contributed by atoms with E-state index < -0.39 is 0 Å². The van der Waals surface area contributed by atoms with Crippen molar-refractivity contribution in [1.82, 2.24) is 10.3 Å². The smallest absolute Gasteiger partial charge is 0.104 e. The van der Waals surface area contributed by atoms with Crippen LogP contribution in [0.4, 0.5) is 0 Å². The molecule has 1 aliphatic rings. The van der Waals surface area contributed by atoms with Crippen LogP contribution in [0.1, 0.15) is 35.2 Å². The van der Waals surface area contributed by atoms with E-state index in [1.165, 1.54) is 15.4 Å². The van der Waals surface area contributed by atoms with Crippen LogP contribution in [0.3, 0.4) is 0 Å². The summed E-state index contributed by atoms with van der Waals surface area (Å²) in [4.78, 5) is 6.08. The second kappa shape index (κ2) is 6.69. The summed E-state index contributed by atoms with van der Waals surface area (Å²) in [5.41, 5.74) is 1.41. The Morgan fingerprint density at radius 1 is 1.24 bits per heavy atom. The zero-order chi connectivity index (χ0) is 14.5. The summed E-state index contributed by atoms with van der Waals surface area (Å²) < 4.78 is 5.60. The summed E-state index contributed by atoms with van der Waals surface area (Å²) in [7, 11) is 0. The van der Waals surface area contributed by atoms with Crippen LogP contribution < -0.4 is 5.32 Å². The van der Waals surface area contributed by atoms with Gasteiger partial charge >= 0.3 is 0 Å². The number of thiazole rings is 1. The van der Waals surface area contributed by atoms with Gasteiger partial charge < -0.3 is 10.1 Å². The lowest BCUT2D eigenvalue weighted by Crippen LogP contribution is -2.34. The molecular formula is C17H22N2OS. The first-order chi connectivity index (χ1) is 10.3. The van der Waals surface area contributed by atoms with Gasteiger partial charge in [0.1, 0.15) is 5.01 Å². The first-order valence-corrected chi connectivity index (χ1v) is 8.46. The standard InChI is InChI=1S/C17H22N2OS/c1-2-18-12-15-13-19-16(21-15)17(8-10-20-11-9-17)14-6-4-3-5-7-14/h3-7,13,18H,2,8-12H2,1H3. The Morgan fingerprint density at radius 3 is 2.71 bits per heavy atom. The molecule has 2 heterocycles. The summed E-state index contributed by atoms with van der Waals surface area (Å²) >= 11 is 1.84. The molecule has 2 aromatic rings. The van der Waals surface area contributed by atoms with Gasteiger partial charge in [0.25, 0.3) is 0 Å². The van der Waals surface area contributed by atoms with Gasteiger partial charge in [-0.2, -0.15) is 0 Å². The highest BCUT2D eigenvalue weighted by atomic mass is 32.1. The number of hydrogen-bond acceptors (Lipinski definition) is 4. The van der Waals surface area contributed by atoms with Gasteiger partial charge in [0, 0.05) is 30.8 Å². The molecule has 1 saturated heterocycles. The van der Waals surface area contributed by atoms with Crippen LogP contribution in [0.15, 0.2) is 36.5 Å². The van der Waals surface area contributed by atoms with Crippen LogP contribution in [-0.2, 0) is 16.7 Å². The molecule has 1 aromatic heterocycles. The van der Waals surface area contributed by atoms with Crippen LogP contribution in [0.5, 0.6) is 0 Å². The Balaban J connectivity index is 1.94. The molecule has 1 fully saturated rings. The number of nitrogens with zero attached hydrogens (tertiary/aromatic N) is 1. The highest BCUT2D eigenvalue weighted by molar-refractivity contribution is 7.11. The van der Waals surface area contributed by atoms with E-state index in [1.807, 2.05) is 17.5 Å². The molecule has 0 atom stereocenters. The zero-order valence-electron chi connectivity index (χ0n) is 12.5. The number of hydrogen-bond donors (Lipinski definition) is 1. The van der Waals surface area contributed by atoms with E-state index in [2.05, 4.69) is 42.6 Å². The quantitative estimate of drug-likeness (QED) is 0.919. The maximum Gasteiger partial charge on any atom is 0.104 e. The highest BCUT2D eigenvalue weighted by Gasteiger charge is 2.38. The van der Waals surface area contributed by atoms with Crippen LogP contribution in [-0.4, -0.2) is 24.7 Å². The molecule has 21 heavy (non-hydrogen) atoms. The van der Waals surface area contributed by atoms with E-state index in [1.54, 1.807) is 0 Å². The predicted molar refractivity (Wildman–Crippen MR) is 86.8 cm³/mol. The maximum absolute atomic E-state index is 5.60.